The van der Waals surface area contributed by atoms with Crippen molar-refractivity contribution >= 4 is 0 Å². The summed E-state index contributed by atoms with van der Waals surface area (Å²) in [6.45, 7) is 5.87. The van der Waals surface area contributed by atoms with Gasteiger partial charge in [0.25, 0.3) is 0 Å². The molecule has 1 aliphatic heterocycles. The molecule has 0 unspecified atom stereocenters. The number of rotatable bonds is 2. The van der Waals surface area contributed by atoms with E-state index >= 15 is 0 Å². The molecule has 1 aromatic rings. The Kier molecular flexibility index (Phi) is 3.69. The van der Waals surface area contributed by atoms with Gasteiger partial charge in [-0.2, -0.15) is 0 Å². The van der Waals surface area contributed by atoms with Gasteiger partial charge in [-0.15, -0.1) is 0 Å². The molecule has 0 N–H and O–H groups in total. The molecule has 0 spiro atoms. The minimum absolute atomic E-state index is 1.07. The van der Waals surface area contributed by atoms with Crippen LogP contribution in [0.4, 0.5) is 0 Å². The van der Waals surface area contributed by atoms with E-state index in [1.165, 1.54) is 38.2 Å². The van der Waals surface area contributed by atoms with Crippen LogP contribution in [0.5, 0.6) is 0 Å². The SMILES string of the molecule is CN1CCCN(Cc2ccncc2)CC1. The molecule has 0 amide bonds. The fourth-order valence-electron chi connectivity index (χ4n) is 2.00. The van der Waals surface area contributed by atoms with E-state index in [1.807, 2.05) is 12.4 Å². The molecule has 0 saturated carbocycles. The maximum atomic E-state index is 4.04. The van der Waals surface area contributed by atoms with Crippen LogP contribution in [0.15, 0.2) is 24.5 Å². The Hall–Kier alpha value is -0.930. The zero-order chi connectivity index (χ0) is 10.5. The highest BCUT2D eigenvalue weighted by atomic mass is 15.2. The molecule has 0 atom stereocenters. The van der Waals surface area contributed by atoms with Crippen molar-refractivity contribution in [2.75, 3.05) is 33.2 Å². The highest BCUT2D eigenvalue weighted by molar-refractivity contribution is 5.09. The summed E-state index contributed by atoms with van der Waals surface area (Å²) in [4.78, 5) is 8.98. The lowest BCUT2D eigenvalue weighted by Crippen LogP contribution is -2.28. The first kappa shape index (κ1) is 10.6. The third kappa shape index (κ3) is 3.29. The molecular formula is C12H19N3. The van der Waals surface area contributed by atoms with Crippen LogP contribution in [-0.2, 0) is 6.54 Å². The number of aromatic nitrogens is 1. The van der Waals surface area contributed by atoms with Crippen LogP contribution in [-0.4, -0.2) is 48.0 Å². The largest absolute Gasteiger partial charge is 0.305 e. The van der Waals surface area contributed by atoms with E-state index in [1.54, 1.807) is 0 Å². The predicted octanol–water partition coefficient (Wildman–Crippen LogP) is 1.22. The summed E-state index contributed by atoms with van der Waals surface area (Å²) < 4.78 is 0. The third-order valence-corrected chi connectivity index (χ3v) is 2.97. The quantitative estimate of drug-likeness (QED) is 0.723. The minimum Gasteiger partial charge on any atom is -0.305 e. The lowest BCUT2D eigenvalue weighted by molar-refractivity contribution is 0.269. The van der Waals surface area contributed by atoms with E-state index in [9.17, 15) is 0 Å². The first-order chi connectivity index (χ1) is 7.34. The van der Waals surface area contributed by atoms with Gasteiger partial charge in [-0.3, -0.25) is 9.88 Å². The topological polar surface area (TPSA) is 19.4 Å². The fraction of sp³-hybridized carbons (Fsp3) is 0.583. The van der Waals surface area contributed by atoms with Crippen LogP contribution >= 0.6 is 0 Å². The van der Waals surface area contributed by atoms with E-state index in [-0.39, 0.29) is 0 Å². The third-order valence-electron chi connectivity index (χ3n) is 2.97. The van der Waals surface area contributed by atoms with Gasteiger partial charge < -0.3 is 4.90 Å². The van der Waals surface area contributed by atoms with Gasteiger partial charge >= 0.3 is 0 Å². The average molecular weight is 205 g/mol. The van der Waals surface area contributed by atoms with Crippen LogP contribution in [0, 0.1) is 0 Å². The molecule has 1 saturated heterocycles. The standard InChI is InChI=1S/C12H19N3/c1-14-7-2-8-15(10-9-14)11-12-3-5-13-6-4-12/h3-6H,2,7-11H2,1H3. The molecule has 0 aromatic carbocycles. The summed E-state index contributed by atoms with van der Waals surface area (Å²) in [6, 6.07) is 4.21. The van der Waals surface area contributed by atoms with Gasteiger partial charge in [0.05, 0.1) is 0 Å². The first-order valence-corrected chi connectivity index (χ1v) is 5.64. The molecule has 2 rings (SSSR count). The zero-order valence-electron chi connectivity index (χ0n) is 9.39. The van der Waals surface area contributed by atoms with Crippen molar-refractivity contribution in [3.8, 4) is 0 Å². The second-order valence-electron chi connectivity index (χ2n) is 4.29. The summed E-state index contributed by atoms with van der Waals surface area (Å²) in [6.07, 6.45) is 5.03. The molecule has 82 valence electrons. The van der Waals surface area contributed by atoms with E-state index in [4.69, 9.17) is 0 Å². The lowest BCUT2D eigenvalue weighted by Gasteiger charge is -2.19. The number of hydrogen-bond donors (Lipinski definition) is 0. The normalized spacial score (nSPS) is 20.1. The van der Waals surface area contributed by atoms with E-state index in [0.717, 1.165) is 6.54 Å². The number of nitrogens with zero attached hydrogens (tertiary/aromatic N) is 3. The maximum Gasteiger partial charge on any atom is 0.0271 e. The molecule has 1 fully saturated rings. The van der Waals surface area contributed by atoms with Gasteiger partial charge in [0.2, 0.25) is 0 Å². The highest BCUT2D eigenvalue weighted by Crippen LogP contribution is 2.06. The van der Waals surface area contributed by atoms with Crippen molar-refractivity contribution in [1.29, 1.82) is 0 Å². The molecule has 15 heavy (non-hydrogen) atoms. The molecule has 2 heterocycles. The Morgan fingerprint density at radius 2 is 1.93 bits per heavy atom. The summed E-state index contributed by atoms with van der Waals surface area (Å²) >= 11 is 0. The number of pyridine rings is 1. The molecule has 0 bridgehead atoms. The molecular weight excluding hydrogens is 186 g/mol. The van der Waals surface area contributed by atoms with Gasteiger partial charge in [0.1, 0.15) is 0 Å². The Morgan fingerprint density at radius 1 is 1.13 bits per heavy atom. The highest BCUT2D eigenvalue weighted by Gasteiger charge is 2.11. The second-order valence-corrected chi connectivity index (χ2v) is 4.29. The summed E-state index contributed by atoms with van der Waals surface area (Å²) in [7, 11) is 2.20. The van der Waals surface area contributed by atoms with E-state index in [0.29, 0.717) is 0 Å². The van der Waals surface area contributed by atoms with Crippen LogP contribution < -0.4 is 0 Å². The fourth-order valence-corrected chi connectivity index (χ4v) is 2.00. The number of hydrogen-bond acceptors (Lipinski definition) is 3. The van der Waals surface area contributed by atoms with Crippen LogP contribution in [0.2, 0.25) is 0 Å². The molecule has 0 radical (unpaired) electrons. The molecule has 1 aliphatic rings. The molecule has 1 aromatic heterocycles. The van der Waals surface area contributed by atoms with Gasteiger partial charge in [-0.25, -0.2) is 0 Å². The smallest absolute Gasteiger partial charge is 0.0271 e. The first-order valence-electron chi connectivity index (χ1n) is 5.64. The Morgan fingerprint density at radius 3 is 2.73 bits per heavy atom. The van der Waals surface area contributed by atoms with Crippen LogP contribution in [0.25, 0.3) is 0 Å². The van der Waals surface area contributed by atoms with Crippen molar-refractivity contribution in [3.63, 3.8) is 0 Å². The van der Waals surface area contributed by atoms with Crippen molar-refractivity contribution in [2.45, 2.75) is 13.0 Å². The van der Waals surface area contributed by atoms with Gasteiger partial charge in [0.15, 0.2) is 0 Å². The van der Waals surface area contributed by atoms with Gasteiger partial charge in [-0.1, -0.05) is 0 Å². The zero-order valence-corrected chi connectivity index (χ0v) is 9.39. The summed E-state index contributed by atoms with van der Waals surface area (Å²) in [5.41, 5.74) is 1.37. The van der Waals surface area contributed by atoms with Crippen molar-refractivity contribution in [3.05, 3.63) is 30.1 Å². The summed E-state index contributed by atoms with van der Waals surface area (Å²) in [5.74, 6) is 0. The Balaban J connectivity index is 1.89. The maximum absolute atomic E-state index is 4.04. The van der Waals surface area contributed by atoms with Gasteiger partial charge in [-0.05, 0) is 44.3 Å². The predicted molar refractivity (Wildman–Crippen MR) is 61.6 cm³/mol. The average Bonchev–Trinajstić information content (AvgIpc) is 2.46. The number of likely N-dealkylation sites (N-methyl/N-ethyl adjacent to an activating group) is 1. The second kappa shape index (κ2) is 5.24. The Bertz CT molecular complexity index is 286. The van der Waals surface area contributed by atoms with Crippen molar-refractivity contribution in [2.24, 2.45) is 0 Å². The van der Waals surface area contributed by atoms with E-state index < -0.39 is 0 Å². The molecule has 0 aliphatic carbocycles. The van der Waals surface area contributed by atoms with Crippen molar-refractivity contribution in [1.82, 2.24) is 14.8 Å². The molecule has 3 nitrogen and oxygen atoms in total. The van der Waals surface area contributed by atoms with Crippen molar-refractivity contribution < 1.29 is 0 Å². The van der Waals surface area contributed by atoms with E-state index in [2.05, 4.69) is 34.0 Å². The Labute approximate surface area is 91.7 Å². The lowest BCUT2D eigenvalue weighted by atomic mass is 10.2. The summed E-state index contributed by atoms with van der Waals surface area (Å²) in [5, 5.41) is 0. The van der Waals surface area contributed by atoms with Crippen LogP contribution in [0.3, 0.4) is 0 Å². The van der Waals surface area contributed by atoms with Gasteiger partial charge in [0, 0.05) is 32.0 Å². The monoisotopic (exact) mass is 205 g/mol. The van der Waals surface area contributed by atoms with Crippen LogP contribution in [0.1, 0.15) is 12.0 Å². The minimum atomic E-state index is 1.07. The molecule has 3 heteroatoms.